The zero-order chi connectivity index (χ0) is 17.1. The molecule has 132 valence electrons. The van der Waals surface area contributed by atoms with Gasteiger partial charge in [0.05, 0.1) is 12.5 Å². The van der Waals surface area contributed by atoms with Crippen LogP contribution in [0.3, 0.4) is 0 Å². The molecule has 0 aromatic heterocycles. The van der Waals surface area contributed by atoms with Gasteiger partial charge in [0.25, 0.3) is 7.59 Å². The molecule has 0 aliphatic carbocycles. The van der Waals surface area contributed by atoms with Crippen molar-refractivity contribution in [3.8, 4) is 0 Å². The number of nitrogens with zero attached hydrogens (tertiary/aromatic N) is 4. The zero-order valence-corrected chi connectivity index (χ0v) is 16.7. The van der Waals surface area contributed by atoms with Crippen LogP contribution in [0.2, 0.25) is 0 Å². The van der Waals surface area contributed by atoms with E-state index in [0.717, 1.165) is 6.41 Å². The second-order valence-corrected chi connectivity index (χ2v) is 9.78. The highest BCUT2D eigenvalue weighted by Gasteiger charge is 2.30. The molecule has 0 atom stereocenters. The molecule has 0 aliphatic rings. The molecule has 0 rings (SSSR count). The Morgan fingerprint density at radius 1 is 0.857 bits per heavy atom. The number of rotatable bonds is 4. The fourth-order valence-corrected chi connectivity index (χ4v) is 3.22. The lowest BCUT2D eigenvalue weighted by Crippen LogP contribution is -2.30. The average Bonchev–Trinajstić information content (AvgIpc) is 2.26. The first-order valence-electron chi connectivity index (χ1n) is 5.84. The molecule has 0 saturated heterocycles. The monoisotopic (exact) mass is 348 g/mol. The predicted octanol–water partition coefficient (Wildman–Crippen LogP) is -0.346. The molecule has 0 bridgehead atoms. The predicted molar refractivity (Wildman–Crippen MR) is 92.0 cm³/mol. The van der Waals surface area contributed by atoms with Crippen LogP contribution in [0, 0.1) is 0 Å². The van der Waals surface area contributed by atoms with E-state index >= 15 is 0 Å². The Morgan fingerprint density at radius 2 is 1.00 bits per heavy atom. The first-order chi connectivity index (χ1) is 8.83. The maximum Gasteiger partial charge on any atom is 0.285 e. The van der Waals surface area contributed by atoms with Crippen LogP contribution in [0.1, 0.15) is 0 Å². The molecule has 21 heavy (non-hydrogen) atoms. The second kappa shape index (κ2) is 14.8. The van der Waals surface area contributed by atoms with Gasteiger partial charge in [-0.25, -0.2) is 14.0 Å². The molecule has 1 amide bonds. The standard InChI is InChI=1S/C6H18N3OP.C3H7NO.C2H6OS.H2O/c1-7(2)11(10,8(3)4)9(5)6;1-4(2)3-5;1-4(2)3;/h1-6H3;3H,1-2H3;1-2H3;1H2. The van der Waals surface area contributed by atoms with E-state index in [-0.39, 0.29) is 5.48 Å². The molecular formula is C11H33N4O4PS. The van der Waals surface area contributed by atoms with E-state index in [1.807, 2.05) is 42.3 Å². The summed E-state index contributed by atoms with van der Waals surface area (Å²) in [7, 11) is 11.9. The van der Waals surface area contributed by atoms with Crippen LogP contribution in [0.4, 0.5) is 0 Å². The molecule has 0 radical (unpaired) electrons. The number of hydrogen-bond donors (Lipinski definition) is 0. The quantitative estimate of drug-likeness (QED) is 0.391. The average molecular weight is 348 g/mol. The lowest BCUT2D eigenvalue weighted by molar-refractivity contribution is -0.115. The van der Waals surface area contributed by atoms with Crippen molar-refractivity contribution in [2.75, 3.05) is 68.9 Å². The largest absolute Gasteiger partial charge is 0.617 e. The minimum Gasteiger partial charge on any atom is -0.617 e. The third-order valence-electron chi connectivity index (χ3n) is 1.77. The third kappa shape index (κ3) is 16.1. The summed E-state index contributed by atoms with van der Waals surface area (Å²) in [5, 5.41) is 0. The van der Waals surface area contributed by atoms with Gasteiger partial charge in [-0.2, -0.15) is 0 Å². The molecule has 10 heteroatoms. The van der Waals surface area contributed by atoms with Crippen molar-refractivity contribution < 1.29 is 19.4 Å². The summed E-state index contributed by atoms with van der Waals surface area (Å²) in [4.78, 5) is 10.9. The molecule has 0 spiro atoms. The van der Waals surface area contributed by atoms with Crippen molar-refractivity contribution in [3.05, 3.63) is 0 Å². The lowest BCUT2D eigenvalue weighted by atomic mass is 11.0. The molecule has 0 aromatic rings. The van der Waals surface area contributed by atoms with E-state index in [2.05, 4.69) is 0 Å². The summed E-state index contributed by atoms with van der Waals surface area (Å²) in [5.74, 6) is 0. The van der Waals surface area contributed by atoms with Crippen LogP contribution < -0.4 is 0 Å². The van der Waals surface area contributed by atoms with Gasteiger partial charge in [0.1, 0.15) is 0 Å². The Balaban J connectivity index is -0.000000121. The van der Waals surface area contributed by atoms with E-state index in [1.54, 1.807) is 40.6 Å². The summed E-state index contributed by atoms with van der Waals surface area (Å²) in [6.45, 7) is 0. The van der Waals surface area contributed by atoms with Gasteiger partial charge in [-0.3, -0.25) is 9.36 Å². The molecule has 0 aliphatic heterocycles. The van der Waals surface area contributed by atoms with Gasteiger partial charge >= 0.3 is 0 Å². The number of hydrogen-bond acceptors (Lipinski definition) is 3. The van der Waals surface area contributed by atoms with Crippen molar-refractivity contribution in [1.82, 2.24) is 18.9 Å². The fraction of sp³-hybridized carbons (Fsp3) is 0.909. The van der Waals surface area contributed by atoms with Gasteiger partial charge in [0.15, 0.2) is 0 Å². The number of carbonyl (C=O) groups is 1. The van der Waals surface area contributed by atoms with Crippen molar-refractivity contribution in [3.63, 3.8) is 0 Å². The maximum absolute atomic E-state index is 12.1. The van der Waals surface area contributed by atoms with Crippen LogP contribution in [-0.2, 0) is 20.5 Å². The molecule has 0 saturated carbocycles. The topological polar surface area (TPSA) is 102 Å². The minimum atomic E-state index is -2.44. The Morgan fingerprint density at radius 3 is 1.00 bits per heavy atom. The van der Waals surface area contributed by atoms with E-state index in [4.69, 9.17) is 0 Å². The van der Waals surface area contributed by atoms with Crippen molar-refractivity contribution >= 4 is 25.2 Å². The SMILES string of the molecule is CN(C)C=O.CN(C)P(=O)(N(C)C)N(C)C.C[S+](C)[O-].O. The van der Waals surface area contributed by atoms with Gasteiger partial charge < -0.3 is 14.9 Å². The molecular weight excluding hydrogens is 315 g/mol. The van der Waals surface area contributed by atoms with E-state index in [9.17, 15) is 13.9 Å². The van der Waals surface area contributed by atoms with Gasteiger partial charge in [-0.05, 0) is 42.3 Å². The highest BCUT2D eigenvalue weighted by atomic mass is 32.2. The first-order valence-corrected chi connectivity index (χ1v) is 9.37. The van der Waals surface area contributed by atoms with Crippen molar-refractivity contribution in [2.24, 2.45) is 0 Å². The number of carbonyl (C=O) groups excluding carboxylic acids is 1. The minimum absolute atomic E-state index is 0. The molecule has 0 unspecified atom stereocenters. The Kier molecular flexibility index (Phi) is 20.4. The molecule has 2 N–H and O–H groups in total. The Hall–Kier alpha value is -0.150. The zero-order valence-electron chi connectivity index (χ0n) is 14.9. The van der Waals surface area contributed by atoms with Gasteiger partial charge in [0.2, 0.25) is 6.41 Å². The van der Waals surface area contributed by atoms with Crippen LogP contribution in [0.25, 0.3) is 0 Å². The van der Waals surface area contributed by atoms with Crippen LogP contribution >= 0.6 is 7.59 Å². The molecule has 0 aromatic carbocycles. The highest BCUT2D eigenvalue weighted by Crippen LogP contribution is 2.50. The smallest absolute Gasteiger partial charge is 0.285 e. The lowest BCUT2D eigenvalue weighted by Gasteiger charge is -2.34. The van der Waals surface area contributed by atoms with Crippen molar-refractivity contribution in [1.29, 1.82) is 0 Å². The second-order valence-electron chi connectivity index (χ2n) is 4.87. The fourth-order valence-electron chi connectivity index (χ4n) is 1.07. The normalized spacial score (nSPS) is 10.4. The molecule has 8 nitrogen and oxygen atoms in total. The Labute approximate surface area is 133 Å². The van der Waals surface area contributed by atoms with Crippen LogP contribution in [-0.4, -0.2) is 104 Å². The summed E-state index contributed by atoms with van der Waals surface area (Å²) in [6.07, 6.45) is 4.03. The van der Waals surface area contributed by atoms with E-state index in [0.29, 0.717) is 0 Å². The van der Waals surface area contributed by atoms with Gasteiger partial charge in [0, 0.05) is 14.1 Å². The van der Waals surface area contributed by atoms with Gasteiger partial charge in [-0.1, -0.05) is 11.2 Å². The summed E-state index contributed by atoms with van der Waals surface area (Å²) in [5.41, 5.74) is 0. The van der Waals surface area contributed by atoms with Crippen LogP contribution in [0.5, 0.6) is 0 Å². The summed E-state index contributed by atoms with van der Waals surface area (Å²) >= 11 is -0.611. The third-order valence-corrected chi connectivity index (χ3v) is 4.90. The highest BCUT2D eigenvalue weighted by molar-refractivity contribution is 7.89. The van der Waals surface area contributed by atoms with E-state index in [1.165, 1.54) is 4.90 Å². The molecule has 0 fully saturated rings. The Bertz CT molecular complexity index is 258. The summed E-state index contributed by atoms with van der Waals surface area (Å²) in [6, 6.07) is 0. The van der Waals surface area contributed by atoms with E-state index < -0.39 is 18.8 Å². The van der Waals surface area contributed by atoms with Crippen LogP contribution in [0.15, 0.2) is 0 Å². The summed E-state index contributed by atoms with van der Waals surface area (Å²) < 4.78 is 26.9. The number of amides is 1. The maximum atomic E-state index is 12.1. The van der Waals surface area contributed by atoms with Gasteiger partial charge in [-0.15, -0.1) is 0 Å². The first kappa shape index (κ1) is 28.9. The van der Waals surface area contributed by atoms with Crippen molar-refractivity contribution in [2.45, 2.75) is 0 Å². The molecule has 0 heterocycles.